The summed E-state index contributed by atoms with van der Waals surface area (Å²) in [6, 6.07) is 12.2. The number of halogens is 2. The van der Waals surface area contributed by atoms with Gasteiger partial charge in [-0.2, -0.15) is 11.8 Å². The Kier molecular flexibility index (Phi) is 5.75. The van der Waals surface area contributed by atoms with Crippen LogP contribution in [-0.2, 0) is 10.5 Å². The van der Waals surface area contributed by atoms with E-state index in [1.165, 1.54) is 24.3 Å². The van der Waals surface area contributed by atoms with Gasteiger partial charge in [-0.3, -0.25) is 4.79 Å². The molecule has 0 radical (unpaired) electrons. The minimum atomic E-state index is -0.381. The third-order valence-corrected chi connectivity index (χ3v) is 3.77. The standard InChI is InChI=1S/C16H15F2NOS/c17-13-4-1-3-12(9-13)11-21-8-7-16(20)19-15-6-2-5-14(18)10-15/h1-6,9-10H,7-8,11H2,(H,19,20). The number of amides is 1. The summed E-state index contributed by atoms with van der Waals surface area (Å²) >= 11 is 1.56. The summed E-state index contributed by atoms with van der Waals surface area (Å²) in [5.41, 5.74) is 1.35. The molecule has 2 aromatic carbocycles. The average Bonchev–Trinajstić information content (AvgIpc) is 2.44. The van der Waals surface area contributed by atoms with Crippen molar-refractivity contribution in [2.24, 2.45) is 0 Å². The number of rotatable bonds is 6. The molecule has 0 aliphatic rings. The number of anilines is 1. The topological polar surface area (TPSA) is 29.1 Å². The van der Waals surface area contributed by atoms with Crippen LogP contribution in [0.25, 0.3) is 0 Å². The van der Waals surface area contributed by atoms with E-state index in [0.29, 0.717) is 23.6 Å². The van der Waals surface area contributed by atoms with Crippen molar-refractivity contribution in [3.05, 3.63) is 65.7 Å². The van der Waals surface area contributed by atoms with Gasteiger partial charge in [-0.15, -0.1) is 0 Å². The molecular weight excluding hydrogens is 292 g/mol. The van der Waals surface area contributed by atoms with Crippen LogP contribution in [-0.4, -0.2) is 11.7 Å². The van der Waals surface area contributed by atoms with E-state index in [2.05, 4.69) is 5.32 Å². The van der Waals surface area contributed by atoms with Crippen molar-refractivity contribution < 1.29 is 13.6 Å². The minimum absolute atomic E-state index is 0.160. The Morgan fingerprint density at radius 2 is 1.76 bits per heavy atom. The van der Waals surface area contributed by atoms with E-state index in [-0.39, 0.29) is 17.5 Å². The normalized spacial score (nSPS) is 10.4. The molecule has 1 amide bonds. The highest BCUT2D eigenvalue weighted by Crippen LogP contribution is 2.15. The molecule has 21 heavy (non-hydrogen) atoms. The Hall–Kier alpha value is -1.88. The average molecular weight is 307 g/mol. The Morgan fingerprint density at radius 3 is 2.48 bits per heavy atom. The van der Waals surface area contributed by atoms with Crippen molar-refractivity contribution in [3.63, 3.8) is 0 Å². The van der Waals surface area contributed by atoms with Crippen molar-refractivity contribution in [3.8, 4) is 0 Å². The van der Waals surface area contributed by atoms with Crippen LogP contribution in [0.15, 0.2) is 48.5 Å². The molecule has 0 saturated heterocycles. The van der Waals surface area contributed by atoms with E-state index in [0.717, 1.165) is 5.56 Å². The van der Waals surface area contributed by atoms with Gasteiger partial charge in [0.25, 0.3) is 0 Å². The lowest BCUT2D eigenvalue weighted by Crippen LogP contribution is -2.12. The Labute approximate surface area is 126 Å². The molecule has 0 fully saturated rings. The van der Waals surface area contributed by atoms with E-state index in [1.54, 1.807) is 30.0 Å². The van der Waals surface area contributed by atoms with Crippen molar-refractivity contribution in [2.45, 2.75) is 12.2 Å². The van der Waals surface area contributed by atoms with Crippen LogP contribution < -0.4 is 5.32 Å². The molecule has 0 heterocycles. The van der Waals surface area contributed by atoms with Gasteiger partial charge in [0.05, 0.1) is 0 Å². The van der Waals surface area contributed by atoms with Crippen LogP contribution >= 0.6 is 11.8 Å². The van der Waals surface area contributed by atoms with Crippen LogP contribution in [0.3, 0.4) is 0 Å². The minimum Gasteiger partial charge on any atom is -0.326 e. The fourth-order valence-electron chi connectivity index (χ4n) is 1.77. The summed E-state index contributed by atoms with van der Waals surface area (Å²) in [6.45, 7) is 0. The largest absolute Gasteiger partial charge is 0.326 e. The molecule has 2 nitrogen and oxygen atoms in total. The zero-order valence-electron chi connectivity index (χ0n) is 11.3. The quantitative estimate of drug-likeness (QED) is 0.809. The van der Waals surface area contributed by atoms with Crippen LogP contribution in [0, 0.1) is 11.6 Å². The molecular formula is C16H15F2NOS. The van der Waals surface area contributed by atoms with E-state index in [4.69, 9.17) is 0 Å². The highest BCUT2D eigenvalue weighted by atomic mass is 32.2. The second-order valence-corrected chi connectivity index (χ2v) is 5.60. The van der Waals surface area contributed by atoms with Gasteiger partial charge in [0.2, 0.25) is 5.91 Å². The maximum Gasteiger partial charge on any atom is 0.225 e. The van der Waals surface area contributed by atoms with Gasteiger partial charge in [-0.05, 0) is 35.9 Å². The lowest BCUT2D eigenvalue weighted by molar-refractivity contribution is -0.115. The van der Waals surface area contributed by atoms with Crippen molar-refractivity contribution in [1.82, 2.24) is 0 Å². The van der Waals surface area contributed by atoms with Gasteiger partial charge in [-0.1, -0.05) is 18.2 Å². The molecule has 0 bridgehead atoms. The first-order valence-corrected chi connectivity index (χ1v) is 7.66. The van der Waals surface area contributed by atoms with E-state index in [1.807, 2.05) is 6.07 Å². The molecule has 0 aromatic heterocycles. The lowest BCUT2D eigenvalue weighted by Gasteiger charge is -2.05. The Bertz CT molecular complexity index is 619. The molecule has 0 saturated carbocycles. The number of thioether (sulfide) groups is 1. The maximum absolute atomic E-state index is 13.0. The maximum atomic E-state index is 13.0. The number of nitrogens with one attached hydrogen (secondary N) is 1. The molecule has 0 aliphatic carbocycles. The molecule has 0 unspecified atom stereocenters. The molecule has 110 valence electrons. The molecule has 0 atom stereocenters. The molecule has 2 aromatic rings. The molecule has 0 aliphatic heterocycles. The summed E-state index contributed by atoms with van der Waals surface area (Å²) in [5, 5.41) is 2.64. The van der Waals surface area contributed by atoms with Gasteiger partial charge in [0, 0.05) is 23.6 Å². The number of benzene rings is 2. The van der Waals surface area contributed by atoms with E-state index in [9.17, 15) is 13.6 Å². The number of carbonyl (C=O) groups excluding carboxylic acids is 1. The zero-order chi connectivity index (χ0) is 15.1. The van der Waals surface area contributed by atoms with E-state index >= 15 is 0 Å². The zero-order valence-corrected chi connectivity index (χ0v) is 12.1. The summed E-state index contributed by atoms with van der Waals surface area (Å²) in [4.78, 5) is 11.7. The SMILES string of the molecule is O=C(CCSCc1cccc(F)c1)Nc1cccc(F)c1. The number of hydrogen-bond acceptors (Lipinski definition) is 2. The summed E-state index contributed by atoms with van der Waals surface area (Å²) in [6.07, 6.45) is 0.330. The van der Waals surface area contributed by atoms with Crippen molar-refractivity contribution in [2.75, 3.05) is 11.1 Å². The number of hydrogen-bond donors (Lipinski definition) is 1. The predicted molar refractivity (Wildman–Crippen MR) is 82.2 cm³/mol. The van der Waals surface area contributed by atoms with Crippen molar-refractivity contribution >= 4 is 23.4 Å². The lowest BCUT2D eigenvalue weighted by atomic mass is 10.2. The van der Waals surface area contributed by atoms with Crippen LogP contribution in [0.5, 0.6) is 0 Å². The third-order valence-electron chi connectivity index (χ3n) is 2.74. The number of carbonyl (C=O) groups is 1. The second kappa shape index (κ2) is 7.78. The highest BCUT2D eigenvalue weighted by molar-refractivity contribution is 7.98. The second-order valence-electron chi connectivity index (χ2n) is 4.49. The van der Waals surface area contributed by atoms with Gasteiger partial charge >= 0.3 is 0 Å². The van der Waals surface area contributed by atoms with Gasteiger partial charge in [-0.25, -0.2) is 8.78 Å². The first-order chi connectivity index (χ1) is 10.1. The summed E-state index contributed by atoms with van der Waals surface area (Å²) in [7, 11) is 0. The van der Waals surface area contributed by atoms with Gasteiger partial charge in [0.1, 0.15) is 11.6 Å². The molecule has 2 rings (SSSR count). The van der Waals surface area contributed by atoms with Crippen LogP contribution in [0.4, 0.5) is 14.5 Å². The molecule has 5 heteroatoms. The van der Waals surface area contributed by atoms with Crippen molar-refractivity contribution in [1.29, 1.82) is 0 Å². The van der Waals surface area contributed by atoms with Gasteiger partial charge in [0.15, 0.2) is 0 Å². The Balaban J connectivity index is 1.70. The summed E-state index contributed by atoms with van der Waals surface area (Å²) in [5.74, 6) is 0.487. The van der Waals surface area contributed by atoms with Gasteiger partial charge < -0.3 is 5.32 Å². The fraction of sp³-hybridized carbons (Fsp3) is 0.188. The monoisotopic (exact) mass is 307 g/mol. The third kappa shape index (κ3) is 5.55. The van der Waals surface area contributed by atoms with Crippen LogP contribution in [0.2, 0.25) is 0 Å². The first-order valence-electron chi connectivity index (χ1n) is 6.51. The van der Waals surface area contributed by atoms with Crippen LogP contribution in [0.1, 0.15) is 12.0 Å². The molecule has 1 N–H and O–H groups in total. The van der Waals surface area contributed by atoms with E-state index < -0.39 is 0 Å². The smallest absolute Gasteiger partial charge is 0.225 e. The fourth-order valence-corrected chi connectivity index (χ4v) is 2.66. The predicted octanol–water partition coefficient (Wildman–Crippen LogP) is 4.23. The molecule has 0 spiro atoms. The summed E-state index contributed by atoms with van der Waals surface area (Å²) < 4.78 is 25.9. The first kappa shape index (κ1) is 15.5. The highest BCUT2D eigenvalue weighted by Gasteiger charge is 2.03. The Morgan fingerprint density at radius 1 is 1.05 bits per heavy atom.